The molecule has 0 spiro atoms. The van der Waals surface area contributed by atoms with Crippen molar-refractivity contribution in [3.05, 3.63) is 81.5 Å². The number of halogens is 6. The summed E-state index contributed by atoms with van der Waals surface area (Å²) >= 11 is 2.29. The molecule has 0 amide bonds. The van der Waals surface area contributed by atoms with Crippen molar-refractivity contribution in [2.75, 3.05) is 0 Å². The summed E-state index contributed by atoms with van der Waals surface area (Å²) in [4.78, 5) is 1.70. The molecule has 2 heterocycles. The summed E-state index contributed by atoms with van der Waals surface area (Å²) in [6.07, 6.45) is 0. The van der Waals surface area contributed by atoms with Crippen molar-refractivity contribution in [1.29, 1.82) is 0 Å². The molecule has 0 N–H and O–H groups in total. The largest absolute Gasteiger partial charge is 0.380 e. The molecule has 2 aromatic carbocycles. The Morgan fingerprint density at radius 3 is 1.21 bits per heavy atom. The number of hydrogen-bond donors (Lipinski definition) is 0. The van der Waals surface area contributed by atoms with E-state index in [9.17, 15) is 0 Å². The van der Waals surface area contributed by atoms with Crippen LogP contribution in [0.2, 0.25) is 39.3 Å². The van der Waals surface area contributed by atoms with Crippen LogP contribution in [-0.4, -0.2) is 33.9 Å². The van der Waals surface area contributed by atoms with Gasteiger partial charge in [-0.2, -0.15) is 26.3 Å². The molecular formula is C33H34F6S2Si2. The highest BCUT2D eigenvalue weighted by atomic mass is 32.1. The van der Waals surface area contributed by atoms with Crippen molar-refractivity contribution >= 4 is 60.3 Å². The zero-order chi connectivity index (χ0) is 31.9. The first-order chi connectivity index (χ1) is 19.7. The molecule has 0 radical (unpaired) electrons. The maximum atomic E-state index is 15.7. The predicted molar refractivity (Wildman–Crippen MR) is 177 cm³/mol. The van der Waals surface area contributed by atoms with Gasteiger partial charge in [0.25, 0.3) is 0 Å². The number of hydrogen-bond acceptors (Lipinski definition) is 2. The first kappa shape index (κ1) is 32.0. The van der Waals surface area contributed by atoms with Crippen LogP contribution in [0.25, 0.3) is 32.0 Å². The average Bonchev–Trinajstić information content (AvgIpc) is 3.50. The van der Waals surface area contributed by atoms with E-state index < -0.39 is 45.1 Å². The molecule has 0 nitrogen and oxygen atoms in total. The van der Waals surface area contributed by atoms with Gasteiger partial charge < -0.3 is 0 Å². The van der Waals surface area contributed by atoms with Gasteiger partial charge in [0.1, 0.15) is 0 Å². The Kier molecular flexibility index (Phi) is 7.68. The van der Waals surface area contributed by atoms with Gasteiger partial charge in [0.05, 0.1) is 16.1 Å². The molecule has 0 saturated carbocycles. The highest BCUT2D eigenvalue weighted by Crippen LogP contribution is 2.66. The zero-order valence-electron chi connectivity index (χ0n) is 25.4. The number of rotatable bonds is 6. The van der Waals surface area contributed by atoms with Crippen molar-refractivity contribution in [3.63, 3.8) is 0 Å². The molecule has 10 heteroatoms. The first-order valence-electron chi connectivity index (χ1n) is 14.0. The molecule has 0 saturated heterocycles. The molecule has 4 aromatic rings. The molecule has 0 aliphatic heterocycles. The fourth-order valence-electron chi connectivity index (χ4n) is 5.46. The third-order valence-corrected chi connectivity index (χ3v) is 14.4. The molecule has 0 unspecified atom stereocenters. The standard InChI is InChI=1S/C33H34F6S2Si2/c1-19-25(17-27(40-19)21-11-9-13-23(15-21)42(3,4)5)29-30(32(36,37)33(38,39)31(29,34)35)26-18-28(41-20(26)2)22-12-10-14-24(16-22)43(6,7)8/h9-18H,1-8H3. The van der Waals surface area contributed by atoms with Crippen molar-refractivity contribution in [2.45, 2.75) is 70.9 Å². The van der Waals surface area contributed by atoms with Gasteiger partial charge in [-0.05, 0) is 48.2 Å². The van der Waals surface area contributed by atoms with E-state index in [0.29, 0.717) is 9.75 Å². The van der Waals surface area contributed by atoms with E-state index in [1.54, 1.807) is 0 Å². The summed E-state index contributed by atoms with van der Waals surface area (Å²) in [7, 11) is -3.42. The van der Waals surface area contributed by atoms with E-state index in [1.807, 2.05) is 48.5 Å². The Morgan fingerprint density at radius 2 is 0.884 bits per heavy atom. The molecule has 0 atom stereocenters. The topological polar surface area (TPSA) is 0 Å². The van der Waals surface area contributed by atoms with E-state index in [2.05, 4.69) is 39.3 Å². The Hall–Kier alpha value is -2.41. The Morgan fingerprint density at radius 1 is 0.535 bits per heavy atom. The molecule has 228 valence electrons. The van der Waals surface area contributed by atoms with Crippen molar-refractivity contribution < 1.29 is 26.3 Å². The molecule has 2 aromatic heterocycles. The van der Waals surface area contributed by atoms with Gasteiger partial charge in [0, 0.05) is 30.7 Å². The second-order valence-electron chi connectivity index (χ2n) is 13.3. The Bertz CT molecular complexity index is 1620. The SMILES string of the molecule is Cc1sc(-c2cccc([Si](C)(C)C)c2)cc1C1=C(c2cc(-c3cccc([Si](C)(C)C)c3)sc2C)C(F)(F)C(F)(F)C1(F)F. The summed E-state index contributed by atoms with van der Waals surface area (Å²) in [5, 5.41) is 2.28. The predicted octanol–water partition coefficient (Wildman–Crippen LogP) is 10.7. The lowest BCUT2D eigenvalue weighted by molar-refractivity contribution is -0.254. The fraction of sp³-hybridized carbons (Fsp3) is 0.333. The van der Waals surface area contributed by atoms with Crippen LogP contribution in [0.5, 0.6) is 0 Å². The van der Waals surface area contributed by atoms with Crippen LogP contribution >= 0.6 is 22.7 Å². The van der Waals surface area contributed by atoms with Crippen LogP contribution in [0.15, 0.2) is 60.7 Å². The van der Waals surface area contributed by atoms with Crippen molar-refractivity contribution in [1.82, 2.24) is 0 Å². The normalized spacial score (nSPS) is 18.0. The summed E-state index contributed by atoms with van der Waals surface area (Å²) in [6, 6.07) is 18.2. The monoisotopic (exact) mass is 664 g/mol. The molecule has 1 aliphatic rings. The van der Waals surface area contributed by atoms with E-state index in [4.69, 9.17) is 0 Å². The summed E-state index contributed by atoms with van der Waals surface area (Å²) in [5.41, 5.74) is -1.60. The molecular weight excluding hydrogens is 631 g/mol. The van der Waals surface area contributed by atoms with Gasteiger partial charge in [-0.1, -0.05) is 98.2 Å². The second kappa shape index (κ2) is 10.3. The zero-order valence-corrected chi connectivity index (χ0v) is 29.0. The Balaban J connectivity index is 1.73. The third kappa shape index (κ3) is 5.21. The van der Waals surface area contributed by atoms with Crippen molar-refractivity contribution in [2.24, 2.45) is 0 Å². The third-order valence-electron chi connectivity index (χ3n) is 8.07. The van der Waals surface area contributed by atoms with Gasteiger partial charge in [0.2, 0.25) is 0 Å². The quantitative estimate of drug-likeness (QED) is 0.142. The minimum atomic E-state index is -5.59. The van der Waals surface area contributed by atoms with E-state index in [-0.39, 0.29) is 20.9 Å². The lowest BCUT2D eigenvalue weighted by atomic mass is 9.94. The molecule has 0 fully saturated rings. The summed E-state index contributed by atoms with van der Waals surface area (Å²) in [6.45, 7) is 16.1. The number of allylic oxidation sites excluding steroid dienone is 2. The van der Waals surface area contributed by atoms with Gasteiger partial charge >= 0.3 is 17.8 Å². The minimum absolute atomic E-state index is 0.261. The maximum Gasteiger partial charge on any atom is 0.380 e. The van der Waals surface area contributed by atoms with Crippen LogP contribution in [-0.2, 0) is 0 Å². The molecule has 0 bridgehead atoms. The Labute approximate surface area is 259 Å². The number of thiophene rings is 2. The smallest absolute Gasteiger partial charge is 0.194 e. The minimum Gasteiger partial charge on any atom is -0.194 e. The number of benzene rings is 2. The highest BCUT2D eigenvalue weighted by Gasteiger charge is 2.80. The lowest BCUT2D eigenvalue weighted by Gasteiger charge is -2.25. The molecule has 5 rings (SSSR count). The van der Waals surface area contributed by atoms with Gasteiger partial charge in [-0.25, -0.2) is 0 Å². The second-order valence-corrected chi connectivity index (χ2v) is 26.0. The molecule has 43 heavy (non-hydrogen) atoms. The van der Waals surface area contributed by atoms with Crippen LogP contribution in [0, 0.1) is 13.8 Å². The highest BCUT2D eigenvalue weighted by molar-refractivity contribution is 7.16. The number of aryl methyl sites for hydroxylation is 2. The lowest BCUT2D eigenvalue weighted by Crippen LogP contribution is -2.48. The average molecular weight is 665 g/mol. The van der Waals surface area contributed by atoms with Crippen LogP contribution in [0.3, 0.4) is 0 Å². The van der Waals surface area contributed by atoms with Crippen LogP contribution in [0.1, 0.15) is 20.9 Å². The molecule has 1 aliphatic carbocycles. The fourth-order valence-corrected chi connectivity index (χ4v) is 9.87. The van der Waals surface area contributed by atoms with E-state index in [0.717, 1.165) is 44.2 Å². The van der Waals surface area contributed by atoms with Gasteiger partial charge in [0.15, 0.2) is 0 Å². The number of alkyl halides is 6. The summed E-state index contributed by atoms with van der Waals surface area (Å²) < 4.78 is 93.0. The van der Waals surface area contributed by atoms with Gasteiger partial charge in [-0.15, -0.1) is 22.7 Å². The first-order valence-corrected chi connectivity index (χ1v) is 22.6. The van der Waals surface area contributed by atoms with Crippen LogP contribution in [0.4, 0.5) is 26.3 Å². The van der Waals surface area contributed by atoms with Gasteiger partial charge in [-0.3, -0.25) is 0 Å². The van der Waals surface area contributed by atoms with Crippen LogP contribution < -0.4 is 10.4 Å². The maximum absolute atomic E-state index is 15.7. The van der Waals surface area contributed by atoms with E-state index in [1.165, 1.54) is 26.0 Å². The van der Waals surface area contributed by atoms with E-state index >= 15 is 26.3 Å². The summed E-state index contributed by atoms with van der Waals surface area (Å²) in [5.74, 6) is -15.8. The van der Waals surface area contributed by atoms with Crippen molar-refractivity contribution in [3.8, 4) is 20.9 Å².